The van der Waals surface area contributed by atoms with E-state index in [0.29, 0.717) is 17.0 Å². The van der Waals surface area contributed by atoms with Gasteiger partial charge < -0.3 is 29.4 Å². The molecule has 0 radical (unpaired) electrons. The summed E-state index contributed by atoms with van der Waals surface area (Å²) in [7, 11) is 0. The SMILES string of the molecule is CC(C)OC(=O)[C@H](C)NP(=S)(OC[C@@]1(C(F)F)O[C@@H](n2cc(Cl)c(N)nc2=O)C(F)(F)[C@@H]1O)Oc1cccc2ccccc12. The van der Waals surface area contributed by atoms with Crippen LogP contribution >= 0.6 is 18.2 Å². The fraction of sp³-hybridized carbons (Fsp3) is 0.423. The average Bonchev–Trinajstić information content (AvgIpc) is 3.15. The van der Waals surface area contributed by atoms with E-state index in [9.17, 15) is 23.5 Å². The van der Waals surface area contributed by atoms with Gasteiger partial charge in [0.05, 0.1) is 17.7 Å². The Morgan fingerprint density at radius 2 is 1.91 bits per heavy atom. The van der Waals surface area contributed by atoms with Gasteiger partial charge in [0.25, 0.3) is 6.43 Å². The molecule has 0 bridgehead atoms. The summed E-state index contributed by atoms with van der Waals surface area (Å²) in [5.74, 6) is -5.66. The number of ether oxygens (including phenoxy) is 2. The molecule has 4 rings (SSSR count). The zero-order valence-electron chi connectivity index (χ0n) is 23.3. The number of esters is 1. The molecule has 11 nitrogen and oxygen atoms in total. The first kappa shape index (κ1) is 34.0. The minimum Gasteiger partial charge on any atom is -0.462 e. The molecule has 4 N–H and O–H groups in total. The van der Waals surface area contributed by atoms with Crippen LogP contribution in [0.4, 0.5) is 23.4 Å². The van der Waals surface area contributed by atoms with Crippen LogP contribution in [0.2, 0.25) is 5.02 Å². The molecule has 2 aromatic carbocycles. The number of nitrogens with one attached hydrogen (secondary N) is 1. The van der Waals surface area contributed by atoms with Crippen molar-refractivity contribution in [2.45, 2.75) is 63.2 Å². The summed E-state index contributed by atoms with van der Waals surface area (Å²) in [5, 5.41) is 14.0. The number of benzene rings is 2. The third-order valence-corrected chi connectivity index (χ3v) is 9.29. The summed E-state index contributed by atoms with van der Waals surface area (Å²) in [6, 6.07) is 10.6. The molecule has 2 heterocycles. The molecule has 5 atom stereocenters. The molecule has 1 aliphatic rings. The lowest BCUT2D eigenvalue weighted by Crippen LogP contribution is -2.54. The van der Waals surface area contributed by atoms with Gasteiger partial charge in [-0.25, -0.2) is 18.7 Å². The van der Waals surface area contributed by atoms with Gasteiger partial charge in [-0.15, -0.1) is 0 Å². The van der Waals surface area contributed by atoms with Crippen molar-refractivity contribution in [3.05, 3.63) is 64.2 Å². The molecule has 1 aromatic heterocycles. The Morgan fingerprint density at radius 3 is 2.57 bits per heavy atom. The van der Waals surface area contributed by atoms with Crippen molar-refractivity contribution >= 4 is 52.6 Å². The van der Waals surface area contributed by atoms with Crippen molar-refractivity contribution in [1.29, 1.82) is 0 Å². The number of rotatable bonds is 11. The molecule has 1 aliphatic heterocycles. The van der Waals surface area contributed by atoms with Crippen LogP contribution in [0.3, 0.4) is 0 Å². The van der Waals surface area contributed by atoms with Gasteiger partial charge in [0.1, 0.15) is 17.6 Å². The summed E-state index contributed by atoms with van der Waals surface area (Å²) in [6.07, 6.45) is -9.74. The number of alkyl halides is 4. The monoisotopic (exact) mass is 682 g/mol. The van der Waals surface area contributed by atoms with E-state index >= 15 is 8.78 Å². The van der Waals surface area contributed by atoms with Crippen molar-refractivity contribution in [2.75, 3.05) is 12.3 Å². The average molecular weight is 683 g/mol. The number of anilines is 1. The molecular weight excluding hydrogens is 655 g/mol. The van der Waals surface area contributed by atoms with Crippen LogP contribution in [-0.4, -0.2) is 63.4 Å². The third kappa shape index (κ3) is 6.71. The van der Waals surface area contributed by atoms with Crippen LogP contribution in [0.15, 0.2) is 53.5 Å². The van der Waals surface area contributed by atoms with E-state index in [-0.39, 0.29) is 10.3 Å². The Kier molecular flexibility index (Phi) is 9.95. The zero-order valence-corrected chi connectivity index (χ0v) is 25.8. The highest BCUT2D eigenvalue weighted by molar-refractivity contribution is 8.09. The molecule has 44 heavy (non-hydrogen) atoms. The number of aromatic nitrogens is 2. The van der Waals surface area contributed by atoms with Crippen LogP contribution in [0.25, 0.3) is 10.8 Å². The van der Waals surface area contributed by atoms with Crippen molar-refractivity contribution < 1.29 is 46.0 Å². The largest absolute Gasteiger partial charge is 0.462 e. The van der Waals surface area contributed by atoms with Gasteiger partial charge in [-0.05, 0) is 44.0 Å². The van der Waals surface area contributed by atoms with E-state index in [1.807, 2.05) is 0 Å². The van der Waals surface area contributed by atoms with Gasteiger partial charge in [0, 0.05) is 11.6 Å². The van der Waals surface area contributed by atoms with E-state index in [4.69, 9.17) is 47.7 Å². The molecule has 0 amide bonds. The second kappa shape index (κ2) is 12.9. The maximum atomic E-state index is 15.4. The zero-order chi connectivity index (χ0) is 32.6. The van der Waals surface area contributed by atoms with Crippen LogP contribution in [0.5, 0.6) is 5.75 Å². The Morgan fingerprint density at radius 1 is 1.25 bits per heavy atom. The number of aliphatic hydroxyl groups excluding tert-OH is 1. The van der Waals surface area contributed by atoms with Crippen molar-refractivity contribution in [3.63, 3.8) is 0 Å². The molecule has 0 saturated carbocycles. The number of hydrogen-bond acceptors (Lipinski definition) is 10. The van der Waals surface area contributed by atoms with Crippen molar-refractivity contribution in [1.82, 2.24) is 14.6 Å². The second-order valence-electron chi connectivity index (χ2n) is 10.1. The topological polar surface area (TPSA) is 147 Å². The Hall–Kier alpha value is -2.85. The van der Waals surface area contributed by atoms with E-state index in [2.05, 4.69) is 10.1 Å². The number of aliphatic hydroxyl groups is 1. The maximum absolute atomic E-state index is 15.4. The normalized spacial score (nSPS) is 23.5. The number of carbonyl (C=O) groups is 1. The summed E-state index contributed by atoms with van der Waals surface area (Å²) >= 11 is 11.4. The predicted molar refractivity (Wildman–Crippen MR) is 156 cm³/mol. The maximum Gasteiger partial charge on any atom is 0.351 e. The molecule has 0 aliphatic carbocycles. The molecule has 1 fully saturated rings. The summed E-state index contributed by atoms with van der Waals surface area (Å²) in [4.78, 5) is 28.2. The van der Waals surface area contributed by atoms with Gasteiger partial charge in [-0.2, -0.15) is 13.8 Å². The van der Waals surface area contributed by atoms with Crippen LogP contribution in [0, 0.1) is 0 Å². The number of nitrogens with two attached hydrogens (primary N) is 1. The van der Waals surface area contributed by atoms with Gasteiger partial charge in [-0.3, -0.25) is 9.36 Å². The lowest BCUT2D eigenvalue weighted by Gasteiger charge is -2.34. The molecule has 18 heteroatoms. The van der Waals surface area contributed by atoms with E-state index in [1.165, 1.54) is 13.0 Å². The fourth-order valence-electron chi connectivity index (χ4n) is 4.33. The minimum absolute atomic E-state index is 0.125. The summed E-state index contributed by atoms with van der Waals surface area (Å²) in [5.41, 5.74) is 0.578. The number of hydrogen-bond donors (Lipinski definition) is 3. The second-order valence-corrected chi connectivity index (χ2v) is 13.7. The Balaban J connectivity index is 1.72. The first-order valence-corrected chi connectivity index (χ1v) is 16.0. The molecule has 3 aromatic rings. The highest BCUT2D eigenvalue weighted by Crippen LogP contribution is 2.54. The fourth-order valence-corrected chi connectivity index (χ4v) is 6.90. The van der Waals surface area contributed by atoms with E-state index < -0.39 is 78.2 Å². The summed E-state index contributed by atoms with van der Waals surface area (Å²) < 4.78 is 82.1. The lowest BCUT2D eigenvalue weighted by molar-refractivity contribution is -0.192. The number of fused-ring (bicyclic) bond motifs is 1. The first-order chi connectivity index (χ1) is 20.5. The molecule has 240 valence electrons. The van der Waals surface area contributed by atoms with Gasteiger partial charge in [0.15, 0.2) is 11.7 Å². The minimum atomic E-state index is -4.49. The number of nitrogen functional groups attached to an aromatic ring is 1. The standard InChI is InChI=1S/C26H28ClF4N4O7PS/c1-13(2)40-20(36)14(3)34-43(44,42-18-10-6-8-15-7-4-5-9-16(15)18)39-12-25(22(28)29)21(37)26(30,31)23(41-25)35-11-17(27)19(32)33-24(35)38/h4-11,13-14,21-23,37H,12H2,1-3H3,(H,34,44)(H2,32,33,38)/t14-,21+,23+,25+,43?/m0/s1. The first-order valence-electron chi connectivity index (χ1n) is 13.0. The number of halogens is 5. The van der Waals surface area contributed by atoms with Gasteiger partial charge in [-0.1, -0.05) is 48.0 Å². The molecular formula is C26H28ClF4N4O7PS. The Bertz CT molecular complexity index is 1650. The van der Waals surface area contributed by atoms with E-state index in [0.717, 1.165) is 0 Å². The van der Waals surface area contributed by atoms with Crippen LogP contribution < -0.4 is 21.0 Å². The number of nitrogens with zero attached hydrogens (tertiary/aromatic N) is 2. The van der Waals surface area contributed by atoms with Crippen LogP contribution in [-0.2, 0) is 30.6 Å². The van der Waals surface area contributed by atoms with E-state index in [1.54, 1.807) is 50.2 Å². The highest BCUT2D eigenvalue weighted by Gasteiger charge is 2.71. The quantitative estimate of drug-likeness (QED) is 0.150. The smallest absolute Gasteiger partial charge is 0.351 e. The third-order valence-electron chi connectivity index (χ3n) is 6.53. The van der Waals surface area contributed by atoms with Crippen molar-refractivity contribution in [2.24, 2.45) is 0 Å². The number of carbonyl (C=O) groups excluding carboxylic acids is 1. The van der Waals surface area contributed by atoms with Gasteiger partial charge in [0.2, 0.25) is 6.23 Å². The molecule has 1 saturated heterocycles. The molecule has 1 unspecified atom stereocenters. The van der Waals surface area contributed by atoms with Crippen molar-refractivity contribution in [3.8, 4) is 5.75 Å². The summed E-state index contributed by atoms with van der Waals surface area (Å²) in [6.45, 7) is -1.05. The Labute approximate surface area is 258 Å². The lowest BCUT2D eigenvalue weighted by atomic mass is 9.96. The predicted octanol–water partition coefficient (Wildman–Crippen LogP) is 4.41. The van der Waals surface area contributed by atoms with Crippen LogP contribution in [0.1, 0.15) is 27.0 Å². The molecule has 0 spiro atoms. The van der Waals surface area contributed by atoms with Gasteiger partial charge >= 0.3 is 24.2 Å². The highest BCUT2D eigenvalue weighted by atomic mass is 35.5.